The molecule has 0 radical (unpaired) electrons. The molecule has 2 atom stereocenters. The lowest BCUT2D eigenvalue weighted by molar-refractivity contribution is -0.136. The van der Waals surface area contributed by atoms with Crippen LogP contribution in [0.1, 0.15) is 32.1 Å². The Bertz CT molecular complexity index is 677. The van der Waals surface area contributed by atoms with Gasteiger partial charge in [-0.05, 0) is 37.5 Å². The van der Waals surface area contributed by atoms with Crippen LogP contribution in [0.15, 0.2) is 12.4 Å². The zero-order valence-electron chi connectivity index (χ0n) is 16.1. The number of amides is 2. The zero-order chi connectivity index (χ0) is 18.8. The number of hydrogen-bond acceptors (Lipinski definition) is 5. The van der Waals surface area contributed by atoms with Gasteiger partial charge in [0.2, 0.25) is 11.8 Å². The van der Waals surface area contributed by atoms with Gasteiger partial charge < -0.3 is 20.7 Å². The molecule has 156 valence electrons. The van der Waals surface area contributed by atoms with Crippen molar-refractivity contribution in [3.05, 3.63) is 12.4 Å². The van der Waals surface area contributed by atoms with Crippen molar-refractivity contribution in [1.82, 2.24) is 14.7 Å². The molecule has 1 aliphatic heterocycles. The molecule has 28 heavy (non-hydrogen) atoms. The van der Waals surface area contributed by atoms with Crippen LogP contribution in [0.4, 0.5) is 5.69 Å². The zero-order valence-corrected chi connectivity index (χ0v) is 16.9. The van der Waals surface area contributed by atoms with Crippen LogP contribution in [0.2, 0.25) is 0 Å². The van der Waals surface area contributed by atoms with Crippen molar-refractivity contribution in [2.75, 3.05) is 31.6 Å². The van der Waals surface area contributed by atoms with Crippen molar-refractivity contribution in [3.63, 3.8) is 0 Å². The maximum Gasteiger partial charge on any atom is 0.244 e. The topological polar surface area (TPSA) is 102 Å². The number of fused-ring (bicyclic) bond motifs is 2. The summed E-state index contributed by atoms with van der Waals surface area (Å²) in [5.74, 6) is 1.05. The molecule has 2 heterocycles. The highest BCUT2D eigenvalue weighted by atomic mass is 35.5. The minimum atomic E-state index is 0. The summed E-state index contributed by atoms with van der Waals surface area (Å²) < 4.78 is 6.85. The molecule has 2 amide bonds. The van der Waals surface area contributed by atoms with Gasteiger partial charge in [0.25, 0.3) is 0 Å². The summed E-state index contributed by atoms with van der Waals surface area (Å²) >= 11 is 0. The molecule has 1 aromatic heterocycles. The smallest absolute Gasteiger partial charge is 0.244 e. The van der Waals surface area contributed by atoms with Crippen LogP contribution >= 0.6 is 12.4 Å². The maximum atomic E-state index is 12.7. The molecule has 1 aromatic rings. The van der Waals surface area contributed by atoms with Crippen LogP contribution in [0.25, 0.3) is 0 Å². The fraction of sp³-hybridized carbons (Fsp3) is 0.737. The van der Waals surface area contributed by atoms with E-state index in [0.717, 1.165) is 25.7 Å². The van der Waals surface area contributed by atoms with E-state index in [-0.39, 0.29) is 42.7 Å². The Morgan fingerprint density at radius 3 is 2.57 bits per heavy atom. The van der Waals surface area contributed by atoms with Gasteiger partial charge in [0.1, 0.15) is 6.54 Å². The summed E-state index contributed by atoms with van der Waals surface area (Å²) in [5.41, 5.74) is 6.97. The third kappa shape index (κ3) is 4.67. The van der Waals surface area contributed by atoms with Crippen molar-refractivity contribution >= 4 is 29.9 Å². The Kier molecular flexibility index (Phi) is 6.95. The Balaban J connectivity index is 0.00000225. The number of carbonyl (C=O) groups excluding carboxylic acids is 2. The number of nitrogens with zero attached hydrogens (tertiary/aromatic N) is 3. The summed E-state index contributed by atoms with van der Waals surface area (Å²) in [7, 11) is 0. The van der Waals surface area contributed by atoms with Crippen LogP contribution in [0.5, 0.6) is 0 Å². The van der Waals surface area contributed by atoms with Crippen LogP contribution in [-0.4, -0.2) is 58.8 Å². The Labute approximate surface area is 171 Å². The average Bonchev–Trinajstić information content (AvgIpc) is 3.09. The number of aromatic nitrogens is 2. The van der Waals surface area contributed by atoms with Crippen molar-refractivity contribution in [1.29, 1.82) is 0 Å². The standard InChI is InChI=1S/C19H29N5O3.ClH/c20-18-13-2-1-3-14(18)9-15(8-13)19(26)22-16-10-21-24(11-16)12-17(25)23-4-6-27-7-5-23;/h10-11,13-15,18H,1-9,12,20H2,(H,22,26);1H. The Morgan fingerprint density at radius 2 is 1.89 bits per heavy atom. The molecule has 2 unspecified atom stereocenters. The number of ether oxygens (including phenoxy) is 1. The highest BCUT2D eigenvalue weighted by Gasteiger charge is 2.40. The molecule has 2 aliphatic carbocycles. The number of nitrogens with two attached hydrogens (primary N) is 1. The number of hydrogen-bond donors (Lipinski definition) is 2. The summed E-state index contributed by atoms with van der Waals surface area (Å²) in [6.07, 6.45) is 8.62. The SMILES string of the molecule is Cl.NC1C2CCCC1CC(C(=O)Nc1cnn(CC(=O)N3CCOCC3)c1)C2. The lowest BCUT2D eigenvalue weighted by Crippen LogP contribution is -2.48. The highest BCUT2D eigenvalue weighted by molar-refractivity contribution is 5.92. The van der Waals surface area contributed by atoms with Gasteiger partial charge in [-0.25, -0.2) is 0 Å². The number of anilines is 1. The van der Waals surface area contributed by atoms with E-state index < -0.39 is 0 Å². The Morgan fingerprint density at radius 1 is 1.21 bits per heavy atom. The first kappa shape index (κ1) is 21.1. The van der Waals surface area contributed by atoms with E-state index in [2.05, 4.69) is 10.4 Å². The average molecular weight is 412 g/mol. The van der Waals surface area contributed by atoms with Crippen molar-refractivity contribution in [2.45, 2.75) is 44.7 Å². The Hall–Kier alpha value is -1.64. The second kappa shape index (κ2) is 9.24. The summed E-state index contributed by atoms with van der Waals surface area (Å²) in [4.78, 5) is 26.8. The van der Waals surface area contributed by atoms with Crippen LogP contribution < -0.4 is 11.1 Å². The quantitative estimate of drug-likeness (QED) is 0.776. The van der Waals surface area contributed by atoms with Crippen molar-refractivity contribution < 1.29 is 14.3 Å². The van der Waals surface area contributed by atoms with Crippen LogP contribution in [-0.2, 0) is 20.9 Å². The van der Waals surface area contributed by atoms with Crippen LogP contribution in [0, 0.1) is 17.8 Å². The number of carbonyl (C=O) groups is 2. The monoisotopic (exact) mass is 411 g/mol. The second-order valence-corrected chi connectivity index (χ2v) is 8.11. The minimum absolute atomic E-state index is 0. The van der Waals surface area contributed by atoms with E-state index in [9.17, 15) is 9.59 Å². The number of halogens is 1. The van der Waals surface area contributed by atoms with Gasteiger partial charge >= 0.3 is 0 Å². The molecular formula is C19H30ClN5O3. The normalized spacial score (nSPS) is 29.7. The number of nitrogens with one attached hydrogen (secondary N) is 1. The van der Waals surface area contributed by atoms with Gasteiger partial charge in [0.15, 0.2) is 0 Å². The van der Waals surface area contributed by atoms with Gasteiger partial charge in [-0.1, -0.05) is 6.42 Å². The molecule has 9 heteroatoms. The summed E-state index contributed by atoms with van der Waals surface area (Å²) in [6.45, 7) is 2.59. The van der Waals surface area contributed by atoms with E-state index in [0.29, 0.717) is 43.8 Å². The van der Waals surface area contributed by atoms with Crippen LogP contribution in [0.3, 0.4) is 0 Å². The van der Waals surface area contributed by atoms with E-state index in [1.165, 1.54) is 6.42 Å². The third-order valence-corrected chi connectivity index (χ3v) is 6.35. The predicted octanol–water partition coefficient (Wildman–Crippen LogP) is 1.26. The third-order valence-electron chi connectivity index (χ3n) is 6.35. The van der Waals surface area contributed by atoms with Gasteiger partial charge in [-0.3, -0.25) is 14.3 Å². The first-order valence-corrected chi connectivity index (χ1v) is 10.0. The van der Waals surface area contributed by atoms with Crippen molar-refractivity contribution in [3.8, 4) is 0 Å². The van der Waals surface area contributed by atoms with E-state index in [1.54, 1.807) is 22.0 Å². The number of rotatable bonds is 4. The van der Waals surface area contributed by atoms with Gasteiger partial charge in [0, 0.05) is 31.2 Å². The fourth-order valence-corrected chi connectivity index (χ4v) is 4.81. The largest absolute Gasteiger partial charge is 0.378 e. The first-order valence-electron chi connectivity index (χ1n) is 10.0. The fourth-order valence-electron chi connectivity index (χ4n) is 4.81. The van der Waals surface area contributed by atoms with Crippen molar-refractivity contribution in [2.24, 2.45) is 23.5 Å². The van der Waals surface area contributed by atoms with Gasteiger partial charge in [-0.15, -0.1) is 12.4 Å². The van der Waals surface area contributed by atoms with E-state index in [1.807, 2.05) is 0 Å². The molecule has 2 saturated carbocycles. The molecule has 3 N–H and O–H groups in total. The number of morpholine rings is 1. The van der Waals surface area contributed by atoms with E-state index >= 15 is 0 Å². The molecule has 2 bridgehead atoms. The molecule has 3 aliphatic rings. The predicted molar refractivity (Wildman–Crippen MR) is 107 cm³/mol. The second-order valence-electron chi connectivity index (χ2n) is 8.11. The minimum Gasteiger partial charge on any atom is -0.378 e. The highest BCUT2D eigenvalue weighted by Crippen LogP contribution is 2.42. The van der Waals surface area contributed by atoms with Gasteiger partial charge in [0.05, 0.1) is 25.1 Å². The lowest BCUT2D eigenvalue weighted by Gasteiger charge is -2.43. The summed E-state index contributed by atoms with van der Waals surface area (Å²) in [5, 5.41) is 7.20. The molecule has 3 fully saturated rings. The lowest BCUT2D eigenvalue weighted by atomic mass is 9.65. The molecule has 4 rings (SSSR count). The first-order chi connectivity index (χ1) is 13.1. The maximum absolute atomic E-state index is 12.7. The molecule has 1 saturated heterocycles. The molecular weight excluding hydrogens is 382 g/mol. The molecule has 0 spiro atoms. The van der Waals surface area contributed by atoms with Gasteiger partial charge in [-0.2, -0.15) is 5.10 Å². The molecule has 8 nitrogen and oxygen atoms in total. The van der Waals surface area contributed by atoms with E-state index in [4.69, 9.17) is 10.5 Å². The molecule has 0 aromatic carbocycles. The summed E-state index contributed by atoms with van der Waals surface area (Å²) in [6, 6.07) is 0.261.